The Hall–Kier alpha value is -1.79. The number of imidazole rings is 1. The molecule has 1 aliphatic rings. The van der Waals surface area contributed by atoms with Gasteiger partial charge in [0.05, 0.1) is 0 Å². The van der Waals surface area contributed by atoms with Crippen molar-refractivity contribution < 1.29 is 13.2 Å². The highest BCUT2D eigenvalue weighted by Crippen LogP contribution is 2.30. The second-order valence-electron chi connectivity index (χ2n) is 5.01. The molecule has 0 amide bonds. The third-order valence-corrected chi connectivity index (χ3v) is 3.55. The summed E-state index contributed by atoms with van der Waals surface area (Å²) in [4.78, 5) is 10.0. The fourth-order valence-corrected chi connectivity index (χ4v) is 2.55. The molecule has 0 atom stereocenters. The summed E-state index contributed by atoms with van der Waals surface area (Å²) < 4.78 is 39.7. The topological polar surface area (TPSA) is 33.4 Å². The van der Waals surface area contributed by atoms with Crippen LogP contribution in [-0.2, 0) is 6.18 Å². The summed E-state index contributed by atoms with van der Waals surface area (Å²) >= 11 is 0. The Bertz CT molecular complexity index is 597. The molecule has 0 aliphatic carbocycles. The van der Waals surface area contributed by atoms with Crippen LogP contribution >= 0.6 is 0 Å². The van der Waals surface area contributed by atoms with Crippen LogP contribution in [0.5, 0.6) is 0 Å². The van der Waals surface area contributed by atoms with Crippen molar-refractivity contribution in [1.82, 2.24) is 14.4 Å². The molecule has 3 rings (SSSR count). The molecule has 3 heterocycles. The standard InChI is InChI=1S/C13H15F3N4/c14-13(15,16)10-9-20-8-5-17-11(12(20)18-10)19-6-3-1-2-4-7-19/h5,8-9H,1-4,6-7H2. The quantitative estimate of drug-likeness (QED) is 0.806. The van der Waals surface area contributed by atoms with Crippen molar-refractivity contribution >= 4 is 11.5 Å². The van der Waals surface area contributed by atoms with Crippen molar-refractivity contribution in [1.29, 1.82) is 0 Å². The van der Waals surface area contributed by atoms with Gasteiger partial charge < -0.3 is 9.30 Å². The molecule has 7 heteroatoms. The number of aromatic nitrogens is 3. The van der Waals surface area contributed by atoms with Gasteiger partial charge in [0, 0.05) is 31.7 Å². The minimum Gasteiger partial charge on any atom is -0.354 e. The van der Waals surface area contributed by atoms with E-state index in [1.165, 1.54) is 16.8 Å². The van der Waals surface area contributed by atoms with E-state index in [1.807, 2.05) is 4.90 Å². The van der Waals surface area contributed by atoms with Gasteiger partial charge in [-0.05, 0) is 12.8 Å². The Balaban J connectivity index is 2.04. The van der Waals surface area contributed by atoms with Crippen LogP contribution in [0.25, 0.3) is 5.65 Å². The number of anilines is 1. The lowest BCUT2D eigenvalue weighted by atomic mass is 10.2. The van der Waals surface area contributed by atoms with Crippen LogP contribution < -0.4 is 4.90 Å². The van der Waals surface area contributed by atoms with Crippen molar-refractivity contribution in [3.63, 3.8) is 0 Å². The van der Waals surface area contributed by atoms with Crippen LogP contribution in [0.3, 0.4) is 0 Å². The lowest BCUT2D eigenvalue weighted by Gasteiger charge is -2.21. The normalized spacial score (nSPS) is 17.4. The average Bonchev–Trinajstić information content (AvgIpc) is 2.67. The Kier molecular flexibility index (Phi) is 3.27. The number of nitrogens with zero attached hydrogens (tertiary/aromatic N) is 4. The molecule has 1 saturated heterocycles. The summed E-state index contributed by atoms with van der Waals surface area (Å²) in [5.41, 5.74) is -0.594. The highest BCUT2D eigenvalue weighted by Gasteiger charge is 2.34. The highest BCUT2D eigenvalue weighted by molar-refractivity contribution is 5.64. The first-order valence-corrected chi connectivity index (χ1v) is 6.71. The molecule has 20 heavy (non-hydrogen) atoms. The molecule has 0 bridgehead atoms. The van der Waals surface area contributed by atoms with Gasteiger partial charge in [0.1, 0.15) is 0 Å². The van der Waals surface area contributed by atoms with Gasteiger partial charge in [-0.15, -0.1) is 0 Å². The van der Waals surface area contributed by atoms with Crippen molar-refractivity contribution in [3.05, 3.63) is 24.3 Å². The lowest BCUT2D eigenvalue weighted by Crippen LogP contribution is -2.25. The maximum absolute atomic E-state index is 12.8. The Labute approximate surface area is 114 Å². The highest BCUT2D eigenvalue weighted by atomic mass is 19.4. The number of halogens is 3. The fourth-order valence-electron chi connectivity index (χ4n) is 2.55. The SMILES string of the molecule is FC(F)(F)c1cn2ccnc(N3CCCCCC3)c2n1. The van der Waals surface area contributed by atoms with E-state index in [0.717, 1.165) is 45.0 Å². The second kappa shape index (κ2) is 4.96. The summed E-state index contributed by atoms with van der Waals surface area (Å²) in [5.74, 6) is 0.546. The van der Waals surface area contributed by atoms with Crippen LogP contribution in [0.15, 0.2) is 18.6 Å². The van der Waals surface area contributed by atoms with E-state index in [0.29, 0.717) is 5.82 Å². The molecule has 0 aromatic carbocycles. The maximum atomic E-state index is 12.8. The van der Waals surface area contributed by atoms with Gasteiger partial charge in [-0.1, -0.05) is 12.8 Å². The number of alkyl halides is 3. The van der Waals surface area contributed by atoms with E-state index in [2.05, 4.69) is 9.97 Å². The summed E-state index contributed by atoms with van der Waals surface area (Å²) in [6.07, 6.45) is 3.99. The molecule has 2 aromatic heterocycles. The molecule has 4 nitrogen and oxygen atoms in total. The van der Waals surface area contributed by atoms with Gasteiger partial charge in [0.25, 0.3) is 0 Å². The van der Waals surface area contributed by atoms with Crippen LogP contribution in [0.1, 0.15) is 31.4 Å². The van der Waals surface area contributed by atoms with Gasteiger partial charge in [-0.2, -0.15) is 13.2 Å². The van der Waals surface area contributed by atoms with E-state index >= 15 is 0 Å². The number of fused-ring (bicyclic) bond motifs is 1. The van der Waals surface area contributed by atoms with Gasteiger partial charge in [-0.25, -0.2) is 9.97 Å². The first-order valence-electron chi connectivity index (χ1n) is 6.71. The maximum Gasteiger partial charge on any atom is 0.434 e. The molecule has 0 unspecified atom stereocenters. The summed E-state index contributed by atoms with van der Waals surface area (Å²) in [5, 5.41) is 0. The third-order valence-electron chi connectivity index (χ3n) is 3.55. The monoisotopic (exact) mass is 284 g/mol. The first kappa shape index (κ1) is 13.2. The van der Waals surface area contributed by atoms with E-state index in [1.54, 1.807) is 0 Å². The molecule has 1 fully saturated rings. The number of hydrogen-bond acceptors (Lipinski definition) is 3. The summed E-state index contributed by atoms with van der Waals surface area (Å²) in [6.45, 7) is 1.64. The molecule has 0 radical (unpaired) electrons. The van der Waals surface area contributed by atoms with Crippen LogP contribution in [0, 0.1) is 0 Å². The molecule has 0 spiro atoms. The minimum absolute atomic E-state index is 0.279. The molecule has 2 aromatic rings. The number of hydrogen-bond donors (Lipinski definition) is 0. The Morgan fingerprint density at radius 3 is 2.40 bits per heavy atom. The van der Waals surface area contributed by atoms with Crippen molar-refractivity contribution in [3.8, 4) is 0 Å². The van der Waals surface area contributed by atoms with Crippen molar-refractivity contribution in [2.45, 2.75) is 31.9 Å². The zero-order valence-electron chi connectivity index (χ0n) is 10.9. The number of rotatable bonds is 1. The van der Waals surface area contributed by atoms with Gasteiger partial charge in [0.2, 0.25) is 0 Å². The molecule has 0 saturated carbocycles. The van der Waals surface area contributed by atoms with E-state index in [-0.39, 0.29) is 5.65 Å². The zero-order valence-corrected chi connectivity index (χ0v) is 10.9. The van der Waals surface area contributed by atoms with E-state index in [4.69, 9.17) is 0 Å². The average molecular weight is 284 g/mol. The molecule has 108 valence electrons. The van der Waals surface area contributed by atoms with Gasteiger partial charge in [-0.3, -0.25) is 0 Å². The van der Waals surface area contributed by atoms with Gasteiger partial charge >= 0.3 is 6.18 Å². The van der Waals surface area contributed by atoms with Crippen LogP contribution in [0.2, 0.25) is 0 Å². The zero-order chi connectivity index (χ0) is 14.2. The Morgan fingerprint density at radius 1 is 1.05 bits per heavy atom. The predicted octanol–water partition coefficient (Wildman–Crippen LogP) is 3.13. The predicted molar refractivity (Wildman–Crippen MR) is 68.7 cm³/mol. The fraction of sp³-hybridized carbons (Fsp3) is 0.538. The van der Waals surface area contributed by atoms with Gasteiger partial charge in [0.15, 0.2) is 17.2 Å². The third kappa shape index (κ3) is 2.44. The van der Waals surface area contributed by atoms with E-state index in [9.17, 15) is 13.2 Å². The van der Waals surface area contributed by atoms with Crippen molar-refractivity contribution in [2.24, 2.45) is 0 Å². The Morgan fingerprint density at radius 2 is 1.75 bits per heavy atom. The second-order valence-corrected chi connectivity index (χ2v) is 5.01. The first-order chi connectivity index (χ1) is 9.55. The van der Waals surface area contributed by atoms with Crippen LogP contribution in [0.4, 0.5) is 19.0 Å². The largest absolute Gasteiger partial charge is 0.434 e. The van der Waals surface area contributed by atoms with E-state index < -0.39 is 11.9 Å². The molecule has 1 aliphatic heterocycles. The lowest BCUT2D eigenvalue weighted by molar-refractivity contribution is -0.140. The smallest absolute Gasteiger partial charge is 0.354 e. The molecular weight excluding hydrogens is 269 g/mol. The van der Waals surface area contributed by atoms with Crippen LogP contribution in [-0.4, -0.2) is 27.5 Å². The van der Waals surface area contributed by atoms with Crippen molar-refractivity contribution in [2.75, 3.05) is 18.0 Å². The minimum atomic E-state index is -4.43. The molecule has 0 N–H and O–H groups in total. The summed E-state index contributed by atoms with van der Waals surface area (Å²) in [6, 6.07) is 0. The molecular formula is C13H15F3N4. The summed E-state index contributed by atoms with van der Waals surface area (Å²) in [7, 11) is 0.